The van der Waals surface area contributed by atoms with E-state index >= 15 is 0 Å². The molecule has 122 valence electrons. The first-order chi connectivity index (χ1) is 11.7. The predicted molar refractivity (Wildman–Crippen MR) is 90.8 cm³/mol. The Morgan fingerprint density at radius 1 is 1.38 bits per heavy atom. The van der Waals surface area contributed by atoms with Crippen molar-refractivity contribution in [3.05, 3.63) is 52.7 Å². The summed E-state index contributed by atoms with van der Waals surface area (Å²) in [5, 5.41) is 6.09. The number of hydrogen-bond donors (Lipinski definition) is 0. The molecule has 0 spiro atoms. The average molecular weight is 341 g/mol. The van der Waals surface area contributed by atoms with Crippen LogP contribution in [0.1, 0.15) is 33.3 Å². The van der Waals surface area contributed by atoms with Gasteiger partial charge >= 0.3 is 5.97 Å². The van der Waals surface area contributed by atoms with E-state index in [0.29, 0.717) is 34.9 Å². The lowest BCUT2D eigenvalue weighted by atomic mass is 10.2. The van der Waals surface area contributed by atoms with Gasteiger partial charge in [-0.15, -0.1) is 11.3 Å². The van der Waals surface area contributed by atoms with Crippen molar-refractivity contribution in [3.63, 3.8) is 0 Å². The zero-order chi connectivity index (χ0) is 17.1. The smallest absolute Gasteiger partial charge is 0.341 e. The van der Waals surface area contributed by atoms with Gasteiger partial charge in [-0.05, 0) is 37.4 Å². The van der Waals surface area contributed by atoms with E-state index in [9.17, 15) is 9.59 Å². The SMILES string of the molecule is CCOC(=O)c1cnn(-c2cccc(-c3sccc3C=O)n2)c1C. The van der Waals surface area contributed by atoms with Gasteiger partial charge < -0.3 is 4.74 Å². The Hall–Kier alpha value is -2.80. The fraction of sp³-hybridized carbons (Fsp3) is 0.176. The summed E-state index contributed by atoms with van der Waals surface area (Å²) < 4.78 is 6.61. The van der Waals surface area contributed by atoms with Gasteiger partial charge in [0.1, 0.15) is 5.56 Å². The summed E-state index contributed by atoms with van der Waals surface area (Å²) >= 11 is 1.45. The monoisotopic (exact) mass is 341 g/mol. The molecule has 3 aromatic heterocycles. The minimum absolute atomic E-state index is 0.310. The van der Waals surface area contributed by atoms with Gasteiger partial charge in [-0.1, -0.05) is 6.07 Å². The number of aldehydes is 1. The Bertz CT molecular complexity index is 898. The van der Waals surface area contributed by atoms with Crippen LogP contribution in [0, 0.1) is 6.92 Å². The molecule has 0 N–H and O–H groups in total. The summed E-state index contributed by atoms with van der Waals surface area (Å²) in [6.45, 7) is 3.86. The van der Waals surface area contributed by atoms with Crippen LogP contribution in [0.2, 0.25) is 0 Å². The van der Waals surface area contributed by atoms with E-state index in [2.05, 4.69) is 10.1 Å². The number of carbonyl (C=O) groups is 2. The van der Waals surface area contributed by atoms with Crippen LogP contribution >= 0.6 is 11.3 Å². The van der Waals surface area contributed by atoms with Crippen molar-refractivity contribution in [2.24, 2.45) is 0 Å². The Labute approximate surface area is 142 Å². The van der Waals surface area contributed by atoms with Gasteiger partial charge in [0.2, 0.25) is 0 Å². The second-order valence-electron chi connectivity index (χ2n) is 4.98. The molecule has 0 aliphatic heterocycles. The normalized spacial score (nSPS) is 10.6. The number of esters is 1. The third-order valence-corrected chi connectivity index (χ3v) is 4.46. The molecule has 7 heteroatoms. The summed E-state index contributed by atoms with van der Waals surface area (Å²) in [5.41, 5.74) is 2.36. The van der Waals surface area contributed by atoms with E-state index in [-0.39, 0.29) is 0 Å². The standard InChI is InChI=1S/C17H15N3O3S/c1-3-23-17(22)13-9-18-20(11(13)2)15-6-4-5-14(19-15)16-12(10-21)7-8-24-16/h4-10H,3H2,1-2H3. The Morgan fingerprint density at radius 3 is 2.96 bits per heavy atom. The number of nitrogens with zero attached hydrogens (tertiary/aromatic N) is 3. The molecule has 0 aromatic carbocycles. The van der Waals surface area contributed by atoms with Gasteiger partial charge in [0.25, 0.3) is 0 Å². The molecule has 24 heavy (non-hydrogen) atoms. The van der Waals surface area contributed by atoms with Crippen molar-refractivity contribution in [3.8, 4) is 16.4 Å². The van der Waals surface area contributed by atoms with Gasteiger partial charge in [0, 0.05) is 5.56 Å². The second kappa shape index (κ2) is 6.76. The van der Waals surface area contributed by atoms with Crippen LogP contribution in [0.15, 0.2) is 35.8 Å². The molecule has 0 amide bonds. The molecular formula is C17H15N3O3S. The first-order valence-electron chi connectivity index (χ1n) is 7.38. The maximum atomic E-state index is 11.9. The molecule has 3 aromatic rings. The van der Waals surface area contributed by atoms with Crippen molar-refractivity contribution in [2.75, 3.05) is 6.61 Å². The van der Waals surface area contributed by atoms with Crippen LogP contribution in [0.5, 0.6) is 0 Å². The summed E-state index contributed by atoms with van der Waals surface area (Å²) in [7, 11) is 0. The molecule has 6 nitrogen and oxygen atoms in total. The fourth-order valence-electron chi connectivity index (χ4n) is 2.34. The van der Waals surface area contributed by atoms with Gasteiger partial charge in [-0.3, -0.25) is 4.79 Å². The van der Waals surface area contributed by atoms with Gasteiger partial charge in [-0.2, -0.15) is 5.10 Å². The Balaban J connectivity index is 2.01. The lowest BCUT2D eigenvalue weighted by Crippen LogP contribution is -2.07. The highest BCUT2D eigenvalue weighted by molar-refractivity contribution is 7.13. The lowest BCUT2D eigenvalue weighted by Gasteiger charge is -2.06. The molecule has 0 aliphatic rings. The highest BCUT2D eigenvalue weighted by Crippen LogP contribution is 2.27. The highest BCUT2D eigenvalue weighted by atomic mass is 32.1. The Kier molecular flexibility index (Phi) is 4.52. The number of carbonyl (C=O) groups excluding carboxylic acids is 2. The van der Waals surface area contributed by atoms with Crippen LogP contribution in [0.3, 0.4) is 0 Å². The quantitative estimate of drug-likeness (QED) is 0.526. The van der Waals surface area contributed by atoms with E-state index in [1.54, 1.807) is 30.7 Å². The molecule has 3 heterocycles. The molecule has 0 atom stereocenters. The third kappa shape index (κ3) is 2.85. The van der Waals surface area contributed by atoms with E-state index in [1.807, 2.05) is 17.5 Å². The summed E-state index contributed by atoms with van der Waals surface area (Å²) in [6.07, 6.45) is 2.29. The maximum absolute atomic E-state index is 11.9. The fourth-order valence-corrected chi connectivity index (χ4v) is 3.18. The summed E-state index contributed by atoms with van der Waals surface area (Å²) in [6, 6.07) is 7.25. The lowest BCUT2D eigenvalue weighted by molar-refractivity contribution is 0.0525. The molecule has 0 bridgehead atoms. The molecule has 0 aliphatic carbocycles. The molecule has 3 rings (SSSR count). The molecule has 0 unspecified atom stereocenters. The molecule has 0 saturated carbocycles. The zero-order valence-corrected chi connectivity index (χ0v) is 14.0. The van der Waals surface area contributed by atoms with Crippen molar-refractivity contribution in [1.82, 2.24) is 14.8 Å². The molecule has 0 radical (unpaired) electrons. The van der Waals surface area contributed by atoms with E-state index in [1.165, 1.54) is 17.5 Å². The highest BCUT2D eigenvalue weighted by Gasteiger charge is 2.17. The van der Waals surface area contributed by atoms with Crippen molar-refractivity contribution < 1.29 is 14.3 Å². The molecular weight excluding hydrogens is 326 g/mol. The predicted octanol–water partition coefficient (Wildman–Crippen LogP) is 3.29. The van der Waals surface area contributed by atoms with Crippen molar-refractivity contribution in [2.45, 2.75) is 13.8 Å². The van der Waals surface area contributed by atoms with Gasteiger partial charge in [0.05, 0.1) is 29.1 Å². The average Bonchev–Trinajstić information content (AvgIpc) is 3.21. The summed E-state index contributed by atoms with van der Waals surface area (Å²) in [4.78, 5) is 28.4. The summed E-state index contributed by atoms with van der Waals surface area (Å²) in [5.74, 6) is 0.171. The number of rotatable bonds is 5. The van der Waals surface area contributed by atoms with E-state index in [0.717, 1.165) is 11.2 Å². The largest absolute Gasteiger partial charge is 0.462 e. The van der Waals surface area contributed by atoms with Crippen LogP contribution < -0.4 is 0 Å². The van der Waals surface area contributed by atoms with Crippen LogP contribution in [0.4, 0.5) is 0 Å². The first-order valence-corrected chi connectivity index (χ1v) is 8.26. The van der Waals surface area contributed by atoms with E-state index < -0.39 is 5.97 Å². The third-order valence-electron chi connectivity index (χ3n) is 3.51. The number of ether oxygens (including phenoxy) is 1. The van der Waals surface area contributed by atoms with E-state index in [4.69, 9.17) is 4.74 Å². The van der Waals surface area contributed by atoms with Crippen LogP contribution in [-0.4, -0.2) is 33.6 Å². The minimum Gasteiger partial charge on any atom is -0.462 e. The topological polar surface area (TPSA) is 74.1 Å². The number of aromatic nitrogens is 3. The first kappa shape index (κ1) is 16.1. The molecule has 0 saturated heterocycles. The zero-order valence-electron chi connectivity index (χ0n) is 13.2. The molecule has 0 fully saturated rings. The van der Waals surface area contributed by atoms with Gasteiger partial charge in [-0.25, -0.2) is 14.5 Å². The van der Waals surface area contributed by atoms with Gasteiger partial charge in [0.15, 0.2) is 12.1 Å². The number of thiophene rings is 1. The minimum atomic E-state index is -0.404. The second-order valence-corrected chi connectivity index (χ2v) is 5.90. The Morgan fingerprint density at radius 2 is 2.21 bits per heavy atom. The van der Waals surface area contributed by atoms with Crippen molar-refractivity contribution in [1.29, 1.82) is 0 Å². The maximum Gasteiger partial charge on any atom is 0.341 e. The van der Waals surface area contributed by atoms with Crippen LogP contribution in [-0.2, 0) is 4.74 Å². The number of pyridine rings is 1. The number of hydrogen-bond acceptors (Lipinski definition) is 6. The van der Waals surface area contributed by atoms with Crippen molar-refractivity contribution >= 4 is 23.6 Å². The van der Waals surface area contributed by atoms with Crippen LogP contribution in [0.25, 0.3) is 16.4 Å².